The smallest absolute Gasteiger partial charge is 0.315 e. The third kappa shape index (κ3) is 4.38. The highest BCUT2D eigenvalue weighted by Gasteiger charge is 2.33. The molecule has 7 heteroatoms. The molecule has 0 unspecified atom stereocenters. The van der Waals surface area contributed by atoms with Gasteiger partial charge in [0.15, 0.2) is 9.84 Å². The van der Waals surface area contributed by atoms with Crippen molar-refractivity contribution in [2.45, 2.75) is 44.7 Å². The van der Waals surface area contributed by atoms with Gasteiger partial charge in [0, 0.05) is 11.1 Å². The number of halogens is 1. The van der Waals surface area contributed by atoms with Gasteiger partial charge in [-0.3, -0.25) is 0 Å². The first-order valence-corrected chi connectivity index (χ1v) is 10.1. The monoisotopic (exact) mass is 358 g/mol. The number of amides is 2. The van der Waals surface area contributed by atoms with Gasteiger partial charge in [0.2, 0.25) is 0 Å². The van der Waals surface area contributed by atoms with Crippen LogP contribution in [0.1, 0.15) is 38.7 Å². The maximum atomic E-state index is 12.3. The number of hydrogen-bond acceptors (Lipinski definition) is 3. The summed E-state index contributed by atoms with van der Waals surface area (Å²) in [6.07, 6.45) is 1.92. The Hall–Kier alpha value is -1.27. The van der Waals surface area contributed by atoms with E-state index in [4.69, 9.17) is 11.6 Å². The molecule has 1 saturated heterocycles. The summed E-state index contributed by atoms with van der Waals surface area (Å²) in [5, 5.41) is 6.46. The lowest BCUT2D eigenvalue weighted by atomic mass is 9.85. The molecule has 23 heavy (non-hydrogen) atoms. The minimum atomic E-state index is -3.01. The van der Waals surface area contributed by atoms with E-state index in [9.17, 15) is 13.2 Å². The summed E-state index contributed by atoms with van der Waals surface area (Å²) in [6.45, 7) is 4.02. The first-order valence-electron chi connectivity index (χ1n) is 7.85. The van der Waals surface area contributed by atoms with Crippen LogP contribution in [0.25, 0.3) is 0 Å². The van der Waals surface area contributed by atoms with Gasteiger partial charge >= 0.3 is 6.03 Å². The van der Waals surface area contributed by atoms with Crippen molar-refractivity contribution in [2.75, 3.05) is 11.5 Å². The molecule has 1 aromatic carbocycles. The fraction of sp³-hybridized carbons (Fsp3) is 0.562. The Morgan fingerprint density at radius 2 is 1.87 bits per heavy atom. The molecule has 0 radical (unpaired) electrons. The van der Waals surface area contributed by atoms with Gasteiger partial charge in [-0.1, -0.05) is 37.6 Å². The molecule has 128 valence electrons. The third-order valence-corrected chi connectivity index (χ3v) is 6.54. The second kappa shape index (κ2) is 7.09. The molecular weight excluding hydrogens is 336 g/mol. The molecule has 1 aliphatic rings. The Kier molecular flexibility index (Phi) is 5.57. The number of carbonyl (C=O) groups excluding carboxylic acids is 1. The standard InChI is InChI=1S/C16H23ClN2O3S/c1-3-16(4-2,12-5-7-13(17)8-6-12)19-15(20)18-14-9-10-23(21,22)11-14/h5-8,14H,3-4,9-11H2,1-2H3,(H2,18,19,20)/t14-/m0/s1. The van der Waals surface area contributed by atoms with Gasteiger partial charge in [0.05, 0.1) is 17.0 Å². The Bertz CT molecular complexity index is 654. The average molecular weight is 359 g/mol. The summed E-state index contributed by atoms with van der Waals surface area (Å²) >= 11 is 5.94. The van der Waals surface area contributed by atoms with Crippen LogP contribution >= 0.6 is 11.6 Å². The van der Waals surface area contributed by atoms with E-state index < -0.39 is 15.4 Å². The molecule has 1 atom stereocenters. The number of carbonyl (C=O) groups is 1. The van der Waals surface area contributed by atoms with Gasteiger partial charge in [-0.2, -0.15) is 0 Å². The Morgan fingerprint density at radius 1 is 1.26 bits per heavy atom. The number of nitrogens with one attached hydrogen (secondary N) is 2. The lowest BCUT2D eigenvalue weighted by Gasteiger charge is -2.34. The number of urea groups is 1. The van der Waals surface area contributed by atoms with Gasteiger partial charge in [-0.25, -0.2) is 13.2 Å². The van der Waals surface area contributed by atoms with E-state index >= 15 is 0 Å². The lowest BCUT2D eigenvalue weighted by Crippen LogP contribution is -2.52. The Morgan fingerprint density at radius 3 is 2.35 bits per heavy atom. The number of rotatable bonds is 5. The first kappa shape index (κ1) is 18.1. The van der Waals surface area contributed by atoms with Crippen molar-refractivity contribution in [1.82, 2.24) is 10.6 Å². The van der Waals surface area contributed by atoms with Gasteiger partial charge in [-0.15, -0.1) is 0 Å². The highest BCUT2D eigenvalue weighted by molar-refractivity contribution is 7.91. The molecular formula is C16H23ClN2O3S. The van der Waals surface area contributed by atoms with Crippen LogP contribution < -0.4 is 10.6 Å². The molecule has 0 bridgehead atoms. The maximum absolute atomic E-state index is 12.3. The fourth-order valence-electron chi connectivity index (χ4n) is 3.02. The first-order chi connectivity index (χ1) is 10.8. The van der Waals surface area contributed by atoms with Gasteiger partial charge in [0.1, 0.15) is 0 Å². The number of sulfone groups is 1. The fourth-order valence-corrected chi connectivity index (χ4v) is 4.82. The molecule has 2 amide bonds. The molecule has 1 aliphatic heterocycles. The average Bonchev–Trinajstić information content (AvgIpc) is 2.84. The highest BCUT2D eigenvalue weighted by Crippen LogP contribution is 2.29. The van der Waals surface area contributed by atoms with Crippen LogP contribution in [0, 0.1) is 0 Å². The van der Waals surface area contributed by atoms with Crippen molar-refractivity contribution >= 4 is 27.5 Å². The summed E-state index contributed by atoms with van der Waals surface area (Å²) in [6, 6.07) is 6.80. The largest absolute Gasteiger partial charge is 0.334 e. The van der Waals surface area contributed by atoms with E-state index in [2.05, 4.69) is 10.6 Å². The summed E-state index contributed by atoms with van der Waals surface area (Å²) < 4.78 is 23.0. The van der Waals surface area contributed by atoms with E-state index in [1.54, 1.807) is 12.1 Å². The predicted molar refractivity (Wildman–Crippen MR) is 92.4 cm³/mol. The molecule has 1 heterocycles. The second-order valence-electron chi connectivity index (χ2n) is 5.99. The minimum Gasteiger partial charge on any atom is -0.334 e. The number of benzene rings is 1. The normalized spacial score (nSPS) is 20.2. The van der Waals surface area contributed by atoms with E-state index in [0.717, 1.165) is 18.4 Å². The molecule has 1 fully saturated rings. The van der Waals surface area contributed by atoms with Crippen LogP contribution in [0.4, 0.5) is 4.79 Å². The molecule has 0 aliphatic carbocycles. The Balaban J connectivity index is 2.09. The topological polar surface area (TPSA) is 75.3 Å². The van der Waals surface area contributed by atoms with E-state index in [-0.39, 0.29) is 23.6 Å². The summed E-state index contributed by atoms with van der Waals surface area (Å²) in [5.41, 5.74) is 0.493. The Labute approximate surface area is 142 Å². The molecule has 1 aromatic rings. The van der Waals surface area contributed by atoms with Crippen LogP contribution in [0.5, 0.6) is 0 Å². The van der Waals surface area contributed by atoms with Crippen molar-refractivity contribution < 1.29 is 13.2 Å². The summed E-state index contributed by atoms with van der Waals surface area (Å²) in [4.78, 5) is 12.3. The van der Waals surface area contributed by atoms with Crippen molar-refractivity contribution in [2.24, 2.45) is 0 Å². The minimum absolute atomic E-state index is 0.0205. The zero-order valence-corrected chi connectivity index (χ0v) is 15.0. The molecule has 0 aromatic heterocycles. The summed E-state index contributed by atoms with van der Waals surface area (Å²) in [7, 11) is -3.01. The van der Waals surface area contributed by atoms with Crippen LogP contribution in [0.15, 0.2) is 24.3 Å². The molecule has 0 spiro atoms. The van der Waals surface area contributed by atoms with Crippen molar-refractivity contribution in [3.8, 4) is 0 Å². The van der Waals surface area contributed by atoms with Crippen LogP contribution in [0.2, 0.25) is 5.02 Å². The quantitative estimate of drug-likeness (QED) is 0.849. The van der Waals surface area contributed by atoms with Gasteiger partial charge in [-0.05, 0) is 37.0 Å². The zero-order valence-electron chi connectivity index (χ0n) is 13.4. The lowest BCUT2D eigenvalue weighted by molar-refractivity contribution is 0.217. The van der Waals surface area contributed by atoms with Crippen molar-refractivity contribution in [3.05, 3.63) is 34.9 Å². The van der Waals surface area contributed by atoms with Crippen LogP contribution in [-0.2, 0) is 15.4 Å². The van der Waals surface area contributed by atoms with Crippen LogP contribution in [-0.4, -0.2) is 32.0 Å². The number of hydrogen-bond donors (Lipinski definition) is 2. The van der Waals surface area contributed by atoms with E-state index in [1.165, 1.54) is 0 Å². The maximum Gasteiger partial charge on any atom is 0.315 e. The van der Waals surface area contributed by atoms with Crippen LogP contribution in [0.3, 0.4) is 0 Å². The molecule has 2 N–H and O–H groups in total. The second-order valence-corrected chi connectivity index (χ2v) is 8.66. The van der Waals surface area contributed by atoms with Crippen molar-refractivity contribution in [1.29, 1.82) is 0 Å². The predicted octanol–water partition coefficient (Wildman–Crippen LogP) is 2.84. The van der Waals surface area contributed by atoms with Gasteiger partial charge < -0.3 is 10.6 Å². The molecule has 2 rings (SSSR count). The van der Waals surface area contributed by atoms with Crippen molar-refractivity contribution in [3.63, 3.8) is 0 Å². The highest BCUT2D eigenvalue weighted by atomic mass is 35.5. The zero-order chi connectivity index (χ0) is 17.1. The molecule has 0 saturated carbocycles. The van der Waals surface area contributed by atoms with E-state index in [0.29, 0.717) is 11.4 Å². The summed E-state index contributed by atoms with van der Waals surface area (Å²) in [5.74, 6) is 0.161. The van der Waals surface area contributed by atoms with Gasteiger partial charge in [0.25, 0.3) is 0 Å². The SMILES string of the molecule is CCC(CC)(NC(=O)N[C@H]1CCS(=O)(=O)C1)c1ccc(Cl)cc1. The third-order valence-electron chi connectivity index (χ3n) is 4.52. The van der Waals surface area contributed by atoms with E-state index in [1.807, 2.05) is 26.0 Å². The molecule has 5 nitrogen and oxygen atoms in total.